The standard InChI is InChI=1S/C19H27N3O4/c1-26-17-7-3-2-6-16(17)20-11-14-22(25,15-12-20)13-5-10-21-18(23)8-4-9-19(21)24/h2-3,6-7H,4-5,8-15H2,1H3. The quantitative estimate of drug-likeness (QED) is 0.439. The highest BCUT2D eigenvalue weighted by Crippen LogP contribution is 2.29. The number of anilines is 1. The number of likely N-dealkylation sites (tertiary alicyclic amines) is 1. The lowest BCUT2D eigenvalue weighted by molar-refractivity contribution is -0.881. The van der Waals surface area contributed by atoms with E-state index in [2.05, 4.69) is 4.90 Å². The first-order chi connectivity index (χ1) is 12.5. The number of methoxy groups -OCH3 is 1. The van der Waals surface area contributed by atoms with Crippen LogP contribution in [0.15, 0.2) is 24.3 Å². The van der Waals surface area contributed by atoms with Crippen LogP contribution in [0.2, 0.25) is 0 Å². The third-order valence-corrected chi connectivity index (χ3v) is 5.31. The number of hydroxylamine groups is 3. The van der Waals surface area contributed by atoms with Crippen molar-refractivity contribution in [2.24, 2.45) is 0 Å². The zero-order valence-corrected chi connectivity index (χ0v) is 15.4. The van der Waals surface area contributed by atoms with Gasteiger partial charge in [-0.15, -0.1) is 0 Å². The van der Waals surface area contributed by atoms with Gasteiger partial charge in [0.25, 0.3) is 0 Å². The molecule has 7 nitrogen and oxygen atoms in total. The Labute approximate surface area is 154 Å². The first kappa shape index (κ1) is 18.7. The number of amides is 2. The summed E-state index contributed by atoms with van der Waals surface area (Å²) in [5, 5.41) is 12.9. The van der Waals surface area contributed by atoms with Gasteiger partial charge in [0.15, 0.2) is 0 Å². The maximum atomic E-state index is 12.9. The summed E-state index contributed by atoms with van der Waals surface area (Å²) in [5.41, 5.74) is 1.02. The Kier molecular flexibility index (Phi) is 5.78. The third-order valence-electron chi connectivity index (χ3n) is 5.31. The molecule has 2 saturated heterocycles. The van der Waals surface area contributed by atoms with Crippen LogP contribution in [0.5, 0.6) is 5.75 Å². The molecule has 0 aliphatic carbocycles. The molecule has 0 unspecified atom stereocenters. The van der Waals surface area contributed by atoms with Crippen molar-refractivity contribution in [3.05, 3.63) is 29.5 Å². The summed E-state index contributed by atoms with van der Waals surface area (Å²) >= 11 is 0. The topological polar surface area (TPSA) is 72.9 Å². The van der Waals surface area contributed by atoms with Gasteiger partial charge in [0.2, 0.25) is 11.8 Å². The molecule has 2 heterocycles. The number of carbonyl (C=O) groups excluding carboxylic acids is 2. The van der Waals surface area contributed by atoms with Gasteiger partial charge in [0.1, 0.15) is 5.75 Å². The molecule has 26 heavy (non-hydrogen) atoms. The van der Waals surface area contributed by atoms with Gasteiger partial charge in [0.05, 0.1) is 45.5 Å². The molecule has 0 aromatic heterocycles. The molecule has 2 aliphatic rings. The first-order valence-corrected chi connectivity index (χ1v) is 9.31. The van der Waals surface area contributed by atoms with Crippen LogP contribution in [0.3, 0.4) is 0 Å². The number of carbonyl (C=O) groups is 2. The Morgan fingerprint density at radius 2 is 1.77 bits per heavy atom. The van der Waals surface area contributed by atoms with Crippen molar-refractivity contribution in [3.63, 3.8) is 0 Å². The van der Waals surface area contributed by atoms with E-state index in [4.69, 9.17) is 4.74 Å². The third kappa shape index (κ3) is 4.16. The van der Waals surface area contributed by atoms with Crippen LogP contribution < -0.4 is 9.64 Å². The monoisotopic (exact) mass is 361 g/mol. The van der Waals surface area contributed by atoms with E-state index >= 15 is 0 Å². The SMILES string of the molecule is COc1ccccc1N1CC[N+]([O-])(CCCN2C(=O)CCCC2=O)CC1. The van der Waals surface area contributed by atoms with E-state index < -0.39 is 0 Å². The zero-order valence-electron chi connectivity index (χ0n) is 15.4. The average molecular weight is 361 g/mol. The number of hydrogen-bond donors (Lipinski definition) is 0. The van der Waals surface area contributed by atoms with Crippen LogP contribution in [0, 0.1) is 5.21 Å². The van der Waals surface area contributed by atoms with Gasteiger partial charge in [-0.25, -0.2) is 0 Å². The molecule has 2 aliphatic heterocycles. The molecule has 1 aromatic rings. The average Bonchev–Trinajstić information content (AvgIpc) is 2.65. The van der Waals surface area contributed by atoms with Gasteiger partial charge in [-0.2, -0.15) is 0 Å². The molecule has 2 fully saturated rings. The highest BCUT2D eigenvalue weighted by Gasteiger charge is 2.29. The van der Waals surface area contributed by atoms with Gasteiger partial charge >= 0.3 is 0 Å². The number of piperidine rings is 1. The predicted octanol–water partition coefficient (Wildman–Crippen LogP) is 1.76. The van der Waals surface area contributed by atoms with Crippen molar-refractivity contribution in [1.82, 2.24) is 4.90 Å². The number of imide groups is 1. The molecular formula is C19H27N3O4. The molecule has 0 radical (unpaired) electrons. The smallest absolute Gasteiger partial charge is 0.229 e. The lowest BCUT2D eigenvalue weighted by Gasteiger charge is -2.49. The first-order valence-electron chi connectivity index (χ1n) is 9.31. The maximum absolute atomic E-state index is 12.9. The summed E-state index contributed by atoms with van der Waals surface area (Å²) in [6.45, 7) is 3.16. The van der Waals surface area contributed by atoms with E-state index in [1.54, 1.807) is 7.11 Å². The van der Waals surface area contributed by atoms with Gasteiger partial charge in [-0.05, 0) is 18.6 Å². The Balaban J connectivity index is 1.50. The fraction of sp³-hybridized carbons (Fsp3) is 0.579. The summed E-state index contributed by atoms with van der Waals surface area (Å²) in [6.07, 6.45) is 2.10. The van der Waals surface area contributed by atoms with Crippen molar-refractivity contribution in [2.45, 2.75) is 25.7 Å². The molecule has 142 valence electrons. The highest BCUT2D eigenvalue weighted by molar-refractivity contribution is 5.97. The molecule has 0 bridgehead atoms. The van der Waals surface area contributed by atoms with Crippen LogP contribution in [0.4, 0.5) is 5.69 Å². The number of benzene rings is 1. The van der Waals surface area contributed by atoms with Crippen LogP contribution in [-0.4, -0.2) is 67.7 Å². The van der Waals surface area contributed by atoms with Gasteiger partial charge in [-0.1, -0.05) is 12.1 Å². The van der Waals surface area contributed by atoms with Crippen molar-refractivity contribution in [1.29, 1.82) is 0 Å². The number of piperazine rings is 1. The minimum atomic E-state index is -0.262. The number of quaternary nitrogens is 1. The largest absolute Gasteiger partial charge is 0.633 e. The predicted molar refractivity (Wildman–Crippen MR) is 98.6 cm³/mol. The van der Waals surface area contributed by atoms with Gasteiger partial charge in [0, 0.05) is 25.8 Å². The summed E-state index contributed by atoms with van der Waals surface area (Å²) in [4.78, 5) is 27.2. The molecule has 0 atom stereocenters. The van der Waals surface area contributed by atoms with Crippen LogP contribution in [0.1, 0.15) is 25.7 Å². The van der Waals surface area contributed by atoms with E-state index in [0.29, 0.717) is 65.0 Å². The molecule has 7 heteroatoms. The van der Waals surface area contributed by atoms with E-state index in [0.717, 1.165) is 11.4 Å². The van der Waals surface area contributed by atoms with E-state index in [-0.39, 0.29) is 16.5 Å². The van der Waals surface area contributed by atoms with Crippen LogP contribution in [-0.2, 0) is 9.59 Å². The second kappa shape index (κ2) is 8.05. The normalized spacial score (nSPS) is 20.4. The highest BCUT2D eigenvalue weighted by atomic mass is 16.5. The van der Waals surface area contributed by atoms with Crippen molar-refractivity contribution in [3.8, 4) is 5.75 Å². The van der Waals surface area contributed by atoms with E-state index in [1.807, 2.05) is 24.3 Å². The number of rotatable bonds is 6. The number of hydrogen-bond acceptors (Lipinski definition) is 5. The van der Waals surface area contributed by atoms with Crippen LogP contribution in [0.25, 0.3) is 0 Å². The summed E-state index contributed by atoms with van der Waals surface area (Å²) in [6, 6.07) is 7.84. The van der Waals surface area contributed by atoms with Gasteiger partial charge < -0.3 is 19.5 Å². The Bertz CT molecular complexity index is 640. The molecule has 0 saturated carbocycles. The summed E-state index contributed by atoms with van der Waals surface area (Å²) < 4.78 is 5.15. The molecule has 2 amide bonds. The van der Waals surface area contributed by atoms with E-state index in [9.17, 15) is 14.8 Å². The zero-order chi connectivity index (χ0) is 18.6. The number of para-hydroxylation sites is 2. The van der Waals surface area contributed by atoms with E-state index in [1.165, 1.54) is 4.90 Å². The fourth-order valence-electron chi connectivity index (χ4n) is 3.75. The molecular weight excluding hydrogens is 334 g/mol. The maximum Gasteiger partial charge on any atom is 0.229 e. The van der Waals surface area contributed by atoms with Crippen molar-refractivity contribution < 1.29 is 19.0 Å². The minimum Gasteiger partial charge on any atom is -0.633 e. The molecule has 0 N–H and O–H groups in total. The lowest BCUT2D eigenvalue weighted by Crippen LogP contribution is -2.57. The fourth-order valence-corrected chi connectivity index (χ4v) is 3.75. The van der Waals surface area contributed by atoms with Crippen molar-refractivity contribution in [2.75, 3.05) is 51.3 Å². The number of ether oxygens (including phenoxy) is 1. The number of nitrogens with zero attached hydrogens (tertiary/aromatic N) is 3. The van der Waals surface area contributed by atoms with Crippen LogP contribution >= 0.6 is 0 Å². The lowest BCUT2D eigenvalue weighted by atomic mass is 10.1. The second-order valence-electron chi connectivity index (χ2n) is 7.03. The molecule has 1 aromatic carbocycles. The Morgan fingerprint density at radius 1 is 1.12 bits per heavy atom. The van der Waals surface area contributed by atoms with Gasteiger partial charge in [-0.3, -0.25) is 14.5 Å². The van der Waals surface area contributed by atoms with Crippen molar-refractivity contribution >= 4 is 17.5 Å². The summed E-state index contributed by atoms with van der Waals surface area (Å²) in [5.74, 6) is 0.625. The minimum absolute atomic E-state index is 0.0975. The Hall–Kier alpha value is -2.12. The Morgan fingerprint density at radius 3 is 2.42 bits per heavy atom. The molecule has 3 rings (SSSR count). The second-order valence-corrected chi connectivity index (χ2v) is 7.03. The molecule has 0 spiro atoms. The summed E-state index contributed by atoms with van der Waals surface area (Å²) in [7, 11) is 1.65.